The molecule has 108 valence electrons. The van der Waals surface area contributed by atoms with Crippen LogP contribution in [0.25, 0.3) is 0 Å². The van der Waals surface area contributed by atoms with Crippen molar-refractivity contribution in [2.75, 3.05) is 31.4 Å². The van der Waals surface area contributed by atoms with Gasteiger partial charge in [-0.15, -0.1) is 0 Å². The maximum atomic E-state index is 12.8. The first-order valence-corrected chi connectivity index (χ1v) is 8.20. The molecule has 0 amide bonds. The standard InChI is InChI=1S/C9H17F3N2O2S2/c1-14(2)18(15,16)6-8(9(10,11)12)13-7-3-4-17-5-7/h7-8,13H,3-6H2,1-2H3. The molecule has 1 aliphatic heterocycles. The summed E-state index contributed by atoms with van der Waals surface area (Å²) in [5.74, 6) is 0.446. The Morgan fingerprint density at radius 1 is 1.44 bits per heavy atom. The van der Waals surface area contributed by atoms with Crippen LogP contribution in [0.3, 0.4) is 0 Å². The van der Waals surface area contributed by atoms with Crippen LogP contribution < -0.4 is 5.32 Å². The van der Waals surface area contributed by atoms with Crippen LogP contribution in [0.15, 0.2) is 0 Å². The number of rotatable bonds is 5. The molecule has 0 saturated carbocycles. The second kappa shape index (κ2) is 5.98. The van der Waals surface area contributed by atoms with Crippen LogP contribution in [0.1, 0.15) is 6.42 Å². The molecule has 1 fully saturated rings. The topological polar surface area (TPSA) is 49.4 Å². The zero-order chi connectivity index (χ0) is 14.0. The van der Waals surface area contributed by atoms with E-state index in [9.17, 15) is 21.6 Å². The Morgan fingerprint density at radius 2 is 2.06 bits per heavy atom. The van der Waals surface area contributed by atoms with E-state index in [2.05, 4.69) is 5.32 Å². The van der Waals surface area contributed by atoms with Gasteiger partial charge in [-0.2, -0.15) is 24.9 Å². The lowest BCUT2D eigenvalue weighted by molar-refractivity contribution is -0.152. The fourth-order valence-corrected chi connectivity index (χ4v) is 3.72. The highest BCUT2D eigenvalue weighted by Gasteiger charge is 2.44. The molecule has 0 spiro atoms. The van der Waals surface area contributed by atoms with Crippen molar-refractivity contribution in [1.29, 1.82) is 0 Å². The first-order valence-electron chi connectivity index (χ1n) is 5.43. The maximum absolute atomic E-state index is 12.8. The normalized spacial score (nSPS) is 23.6. The Balaban J connectivity index is 2.73. The van der Waals surface area contributed by atoms with Gasteiger partial charge in [0.2, 0.25) is 10.0 Å². The molecule has 9 heteroatoms. The number of alkyl halides is 3. The summed E-state index contributed by atoms with van der Waals surface area (Å²) >= 11 is 1.57. The Morgan fingerprint density at radius 3 is 2.44 bits per heavy atom. The monoisotopic (exact) mass is 306 g/mol. The molecule has 4 nitrogen and oxygen atoms in total. The van der Waals surface area contributed by atoms with Crippen molar-refractivity contribution >= 4 is 21.8 Å². The van der Waals surface area contributed by atoms with Crippen molar-refractivity contribution in [3.05, 3.63) is 0 Å². The Hall–Kier alpha value is 0.01000. The number of nitrogens with zero attached hydrogens (tertiary/aromatic N) is 1. The van der Waals surface area contributed by atoms with Crippen molar-refractivity contribution < 1.29 is 21.6 Å². The van der Waals surface area contributed by atoms with Crippen LogP contribution in [0, 0.1) is 0 Å². The summed E-state index contributed by atoms with van der Waals surface area (Å²) in [5.41, 5.74) is 0. The lowest BCUT2D eigenvalue weighted by atomic mass is 10.2. The zero-order valence-electron chi connectivity index (χ0n) is 10.2. The van der Waals surface area contributed by atoms with E-state index < -0.39 is 28.0 Å². The molecule has 0 aromatic rings. The summed E-state index contributed by atoms with van der Waals surface area (Å²) in [7, 11) is -1.42. The van der Waals surface area contributed by atoms with E-state index in [1.165, 1.54) is 14.1 Å². The van der Waals surface area contributed by atoms with Gasteiger partial charge in [0.15, 0.2) is 0 Å². The Kier molecular flexibility index (Phi) is 5.33. The summed E-state index contributed by atoms with van der Waals surface area (Å²) in [4.78, 5) is 0. The SMILES string of the molecule is CN(C)S(=O)(=O)CC(NC1CCSC1)C(F)(F)F. The van der Waals surface area contributed by atoms with Gasteiger partial charge >= 0.3 is 6.18 Å². The van der Waals surface area contributed by atoms with Crippen LogP contribution >= 0.6 is 11.8 Å². The fourth-order valence-electron chi connectivity index (χ4n) is 1.55. The lowest BCUT2D eigenvalue weighted by Crippen LogP contribution is -2.52. The fraction of sp³-hybridized carbons (Fsp3) is 1.00. The molecular formula is C9H17F3N2O2S2. The zero-order valence-corrected chi connectivity index (χ0v) is 11.8. The predicted molar refractivity (Wildman–Crippen MR) is 66.2 cm³/mol. The summed E-state index contributed by atoms with van der Waals surface area (Å²) in [6.07, 6.45) is -3.92. The average Bonchev–Trinajstić information content (AvgIpc) is 2.67. The average molecular weight is 306 g/mol. The summed E-state index contributed by atoms with van der Waals surface area (Å²) in [5, 5.41) is 2.42. The third-order valence-corrected chi connectivity index (χ3v) is 5.73. The third kappa shape index (κ3) is 4.60. The number of nitrogens with one attached hydrogen (secondary N) is 1. The number of sulfonamides is 1. The number of hydrogen-bond acceptors (Lipinski definition) is 4. The summed E-state index contributed by atoms with van der Waals surface area (Å²) < 4.78 is 62.3. The van der Waals surface area contributed by atoms with E-state index in [4.69, 9.17) is 0 Å². The molecule has 1 rings (SSSR count). The minimum Gasteiger partial charge on any atom is -0.302 e. The second-order valence-electron chi connectivity index (χ2n) is 4.38. The molecule has 2 atom stereocenters. The van der Waals surface area contributed by atoms with Crippen LogP contribution in [0.2, 0.25) is 0 Å². The molecule has 0 aliphatic carbocycles. The summed E-state index contributed by atoms with van der Waals surface area (Å²) in [6, 6.07) is -2.27. The van der Waals surface area contributed by atoms with Crippen LogP contribution in [-0.4, -0.2) is 62.3 Å². The van der Waals surface area contributed by atoms with Crippen molar-refractivity contribution in [3.8, 4) is 0 Å². The molecule has 0 bridgehead atoms. The van der Waals surface area contributed by atoms with E-state index in [-0.39, 0.29) is 6.04 Å². The van der Waals surface area contributed by atoms with Gasteiger partial charge in [0.25, 0.3) is 0 Å². The van der Waals surface area contributed by atoms with Crippen molar-refractivity contribution in [3.63, 3.8) is 0 Å². The number of thioether (sulfide) groups is 1. The van der Waals surface area contributed by atoms with E-state index in [1.807, 2.05) is 0 Å². The van der Waals surface area contributed by atoms with E-state index in [0.717, 1.165) is 10.1 Å². The molecule has 1 heterocycles. The number of hydrogen-bond donors (Lipinski definition) is 1. The molecule has 0 radical (unpaired) electrons. The van der Waals surface area contributed by atoms with Gasteiger partial charge < -0.3 is 5.32 Å². The van der Waals surface area contributed by atoms with Gasteiger partial charge in [-0.3, -0.25) is 0 Å². The quantitative estimate of drug-likeness (QED) is 0.820. The van der Waals surface area contributed by atoms with Crippen molar-refractivity contribution in [1.82, 2.24) is 9.62 Å². The first-order chi connectivity index (χ1) is 8.13. The second-order valence-corrected chi connectivity index (χ2v) is 7.76. The largest absolute Gasteiger partial charge is 0.404 e. The van der Waals surface area contributed by atoms with Gasteiger partial charge in [0, 0.05) is 25.9 Å². The third-order valence-electron chi connectivity index (χ3n) is 2.70. The molecule has 0 aromatic carbocycles. The molecule has 1 N–H and O–H groups in total. The van der Waals surface area contributed by atoms with Crippen LogP contribution in [0.5, 0.6) is 0 Å². The van der Waals surface area contributed by atoms with E-state index in [0.29, 0.717) is 12.2 Å². The van der Waals surface area contributed by atoms with Gasteiger partial charge in [0.05, 0.1) is 5.75 Å². The molecule has 1 saturated heterocycles. The van der Waals surface area contributed by atoms with Crippen LogP contribution in [0.4, 0.5) is 13.2 Å². The van der Waals surface area contributed by atoms with Gasteiger partial charge in [-0.05, 0) is 12.2 Å². The van der Waals surface area contributed by atoms with E-state index >= 15 is 0 Å². The number of halogens is 3. The highest BCUT2D eigenvalue weighted by atomic mass is 32.2. The van der Waals surface area contributed by atoms with E-state index in [1.54, 1.807) is 11.8 Å². The molecule has 0 aromatic heterocycles. The Bertz CT molecular complexity index is 364. The smallest absolute Gasteiger partial charge is 0.302 e. The van der Waals surface area contributed by atoms with Gasteiger partial charge in [-0.25, -0.2) is 12.7 Å². The molecular weight excluding hydrogens is 289 g/mol. The van der Waals surface area contributed by atoms with Crippen LogP contribution in [-0.2, 0) is 10.0 Å². The highest BCUT2D eigenvalue weighted by Crippen LogP contribution is 2.25. The van der Waals surface area contributed by atoms with Crippen molar-refractivity contribution in [2.24, 2.45) is 0 Å². The molecule has 1 aliphatic rings. The first kappa shape index (κ1) is 16.1. The molecule has 2 unspecified atom stereocenters. The Labute approximate surface area is 109 Å². The minimum absolute atomic E-state index is 0.265. The predicted octanol–water partition coefficient (Wildman–Crippen LogP) is 0.904. The highest BCUT2D eigenvalue weighted by molar-refractivity contribution is 7.99. The van der Waals surface area contributed by atoms with Gasteiger partial charge in [-0.1, -0.05) is 0 Å². The van der Waals surface area contributed by atoms with Crippen molar-refractivity contribution in [2.45, 2.75) is 24.7 Å². The van der Waals surface area contributed by atoms with Gasteiger partial charge in [0.1, 0.15) is 6.04 Å². The molecule has 18 heavy (non-hydrogen) atoms. The summed E-state index contributed by atoms with van der Waals surface area (Å²) in [6.45, 7) is 0. The minimum atomic E-state index is -4.56. The lowest BCUT2D eigenvalue weighted by Gasteiger charge is -2.26. The maximum Gasteiger partial charge on any atom is 0.404 e.